The molecule has 0 saturated carbocycles. The molecule has 2 N–H and O–H groups in total. The number of aromatic hydroxyl groups is 1. The number of likely N-dealkylation sites (tertiary alicyclic amines) is 1. The summed E-state index contributed by atoms with van der Waals surface area (Å²) in [6, 6.07) is 9.26. The Labute approximate surface area is 147 Å². The van der Waals surface area contributed by atoms with Gasteiger partial charge < -0.3 is 14.4 Å². The van der Waals surface area contributed by atoms with E-state index in [1.807, 2.05) is 30.3 Å². The molecule has 3 heterocycles. The summed E-state index contributed by atoms with van der Waals surface area (Å²) in [5, 5.41) is 20.5. The van der Waals surface area contributed by atoms with Crippen LogP contribution in [0, 0.1) is 0 Å². The number of amides is 1. The number of nitrogens with one attached hydrogen (secondary N) is 1. The first-order valence-electron chi connectivity index (χ1n) is 8.30. The molecule has 4 rings (SSSR count). The minimum absolute atomic E-state index is 0.00604. The lowest BCUT2D eigenvalue weighted by Gasteiger charge is -2.29. The molecule has 0 aliphatic carbocycles. The van der Waals surface area contributed by atoms with E-state index in [1.54, 1.807) is 4.90 Å². The number of carbonyl (C=O) groups is 1. The number of nitrogens with zero attached hydrogens (tertiary/aromatic N) is 4. The fourth-order valence-electron chi connectivity index (χ4n) is 3.13. The average molecular weight is 355 g/mol. The number of piperidine rings is 1. The number of H-pyrrole nitrogens is 1. The van der Waals surface area contributed by atoms with E-state index in [4.69, 9.17) is 4.42 Å². The smallest absolute Gasteiger partial charge is 0.434 e. The van der Waals surface area contributed by atoms with E-state index in [0.29, 0.717) is 31.8 Å². The third kappa shape index (κ3) is 2.99. The second-order valence-electron chi connectivity index (χ2n) is 6.16. The predicted octanol–water partition coefficient (Wildman–Crippen LogP) is 1.27. The van der Waals surface area contributed by atoms with Gasteiger partial charge in [0.15, 0.2) is 11.4 Å². The van der Waals surface area contributed by atoms with Crippen molar-refractivity contribution in [3.05, 3.63) is 58.7 Å². The van der Waals surface area contributed by atoms with Crippen LogP contribution < -0.4 is 5.76 Å². The van der Waals surface area contributed by atoms with Crippen molar-refractivity contribution < 1.29 is 14.3 Å². The maximum absolute atomic E-state index is 12.7. The Morgan fingerprint density at radius 1 is 1.23 bits per heavy atom. The molecular formula is C17H17N5O4. The molecule has 0 spiro atoms. The van der Waals surface area contributed by atoms with Crippen molar-refractivity contribution >= 4 is 5.91 Å². The van der Waals surface area contributed by atoms with Crippen LogP contribution in [0.15, 0.2) is 45.7 Å². The highest BCUT2D eigenvalue weighted by Crippen LogP contribution is 2.28. The van der Waals surface area contributed by atoms with E-state index in [0.717, 1.165) is 5.69 Å². The van der Waals surface area contributed by atoms with Gasteiger partial charge in [0.2, 0.25) is 5.89 Å². The van der Waals surface area contributed by atoms with Crippen LogP contribution in [0.25, 0.3) is 5.69 Å². The fourth-order valence-corrected chi connectivity index (χ4v) is 3.13. The maximum Gasteiger partial charge on any atom is 0.434 e. The first kappa shape index (κ1) is 16.1. The third-order valence-corrected chi connectivity index (χ3v) is 4.50. The summed E-state index contributed by atoms with van der Waals surface area (Å²) in [4.78, 5) is 25.4. The normalized spacial score (nSPS) is 15.3. The van der Waals surface area contributed by atoms with Gasteiger partial charge in [-0.15, -0.1) is 5.10 Å². The van der Waals surface area contributed by atoms with Gasteiger partial charge in [0, 0.05) is 19.0 Å². The van der Waals surface area contributed by atoms with Crippen LogP contribution in [0.2, 0.25) is 0 Å². The minimum Gasteiger partial charge on any atom is -0.504 e. The van der Waals surface area contributed by atoms with Gasteiger partial charge in [0.25, 0.3) is 5.91 Å². The predicted molar refractivity (Wildman–Crippen MR) is 90.2 cm³/mol. The lowest BCUT2D eigenvalue weighted by molar-refractivity contribution is 0.0696. The number of aromatic amines is 1. The van der Waals surface area contributed by atoms with Gasteiger partial charge in [-0.25, -0.2) is 14.6 Å². The van der Waals surface area contributed by atoms with Crippen LogP contribution in [0.4, 0.5) is 0 Å². The van der Waals surface area contributed by atoms with E-state index in [9.17, 15) is 14.7 Å². The summed E-state index contributed by atoms with van der Waals surface area (Å²) >= 11 is 0. The monoisotopic (exact) mass is 355 g/mol. The second-order valence-corrected chi connectivity index (χ2v) is 6.16. The Hall–Kier alpha value is -3.36. The summed E-state index contributed by atoms with van der Waals surface area (Å²) < 4.78 is 6.47. The molecule has 134 valence electrons. The molecular weight excluding hydrogens is 338 g/mol. The largest absolute Gasteiger partial charge is 0.504 e. The summed E-state index contributed by atoms with van der Waals surface area (Å²) in [5.74, 6) is -0.681. The number of para-hydroxylation sites is 1. The average Bonchev–Trinajstić information content (AvgIpc) is 3.28. The second kappa shape index (κ2) is 6.51. The number of carbonyl (C=O) groups excluding carboxylic acids is 1. The Bertz CT molecular complexity index is 966. The summed E-state index contributed by atoms with van der Waals surface area (Å²) in [6.45, 7) is 0.940. The van der Waals surface area contributed by atoms with Crippen LogP contribution in [0.1, 0.15) is 35.1 Å². The Balaban J connectivity index is 1.47. The third-order valence-electron chi connectivity index (χ3n) is 4.50. The number of hydrogen-bond donors (Lipinski definition) is 2. The zero-order chi connectivity index (χ0) is 18.1. The van der Waals surface area contributed by atoms with Crippen LogP contribution in [0.5, 0.6) is 5.75 Å². The standard InChI is InChI=1S/C17H17N5O4/c23-13-10-22(12-4-2-1-3-5-12)20-14(13)16(24)21-8-6-11(7-9-21)15-18-19-17(25)26-15/h1-5,10-11,23H,6-9H2,(H,19,25). The molecule has 26 heavy (non-hydrogen) atoms. The summed E-state index contributed by atoms with van der Waals surface area (Å²) in [7, 11) is 0. The van der Waals surface area contributed by atoms with Gasteiger partial charge in [-0.05, 0) is 25.0 Å². The van der Waals surface area contributed by atoms with E-state index < -0.39 is 5.76 Å². The zero-order valence-corrected chi connectivity index (χ0v) is 13.8. The molecule has 1 aliphatic rings. The molecule has 1 saturated heterocycles. The van der Waals surface area contributed by atoms with Crippen molar-refractivity contribution in [2.45, 2.75) is 18.8 Å². The molecule has 1 aliphatic heterocycles. The number of hydrogen-bond acceptors (Lipinski definition) is 6. The molecule has 0 radical (unpaired) electrons. The van der Waals surface area contributed by atoms with Crippen molar-refractivity contribution in [1.29, 1.82) is 0 Å². The zero-order valence-electron chi connectivity index (χ0n) is 13.8. The number of benzene rings is 1. The van der Waals surface area contributed by atoms with Crippen LogP contribution >= 0.6 is 0 Å². The highest BCUT2D eigenvalue weighted by atomic mass is 16.4. The number of rotatable bonds is 3. The quantitative estimate of drug-likeness (QED) is 0.731. The SMILES string of the molecule is O=C(c1nn(-c2ccccc2)cc1O)N1CCC(c2n[nH]c(=O)o2)CC1. The van der Waals surface area contributed by atoms with Crippen molar-refractivity contribution in [3.8, 4) is 11.4 Å². The molecule has 9 heteroatoms. The lowest BCUT2D eigenvalue weighted by atomic mass is 9.96. The molecule has 9 nitrogen and oxygen atoms in total. The van der Waals surface area contributed by atoms with Crippen molar-refractivity contribution in [2.24, 2.45) is 0 Å². The molecule has 0 bridgehead atoms. The van der Waals surface area contributed by atoms with E-state index >= 15 is 0 Å². The van der Waals surface area contributed by atoms with Gasteiger partial charge >= 0.3 is 5.76 Å². The first-order valence-corrected chi connectivity index (χ1v) is 8.30. The van der Waals surface area contributed by atoms with Crippen molar-refractivity contribution in [3.63, 3.8) is 0 Å². The Kier molecular flexibility index (Phi) is 4.04. The summed E-state index contributed by atoms with van der Waals surface area (Å²) in [5.41, 5.74) is 0.785. The van der Waals surface area contributed by atoms with Gasteiger partial charge in [0.1, 0.15) is 0 Å². The van der Waals surface area contributed by atoms with Crippen LogP contribution in [-0.2, 0) is 0 Å². The highest BCUT2D eigenvalue weighted by molar-refractivity contribution is 5.94. The highest BCUT2D eigenvalue weighted by Gasteiger charge is 2.30. The Morgan fingerprint density at radius 2 is 1.96 bits per heavy atom. The van der Waals surface area contributed by atoms with Crippen LogP contribution in [0.3, 0.4) is 0 Å². The van der Waals surface area contributed by atoms with Crippen molar-refractivity contribution in [2.75, 3.05) is 13.1 Å². The molecule has 0 unspecified atom stereocenters. The lowest BCUT2D eigenvalue weighted by Crippen LogP contribution is -2.38. The van der Waals surface area contributed by atoms with E-state index in [1.165, 1.54) is 10.9 Å². The van der Waals surface area contributed by atoms with Gasteiger partial charge in [-0.3, -0.25) is 4.79 Å². The van der Waals surface area contributed by atoms with Gasteiger partial charge in [-0.1, -0.05) is 18.2 Å². The fraction of sp³-hybridized carbons (Fsp3) is 0.294. The Morgan fingerprint density at radius 3 is 2.62 bits per heavy atom. The molecule has 1 amide bonds. The molecule has 1 fully saturated rings. The van der Waals surface area contributed by atoms with Gasteiger partial charge in [-0.2, -0.15) is 5.10 Å². The number of aromatic nitrogens is 4. The summed E-state index contributed by atoms with van der Waals surface area (Å²) in [6.07, 6.45) is 2.67. The molecule has 3 aromatic rings. The molecule has 2 aromatic heterocycles. The topological polar surface area (TPSA) is 117 Å². The maximum atomic E-state index is 12.7. The van der Waals surface area contributed by atoms with Crippen molar-refractivity contribution in [1.82, 2.24) is 24.9 Å². The van der Waals surface area contributed by atoms with E-state index in [-0.39, 0.29) is 23.3 Å². The first-order chi connectivity index (χ1) is 12.6. The molecule has 1 aromatic carbocycles. The molecule has 0 atom stereocenters. The van der Waals surface area contributed by atoms with E-state index in [2.05, 4.69) is 15.3 Å². The van der Waals surface area contributed by atoms with Crippen LogP contribution in [-0.4, -0.2) is 49.0 Å². The van der Waals surface area contributed by atoms with Gasteiger partial charge in [0.05, 0.1) is 11.9 Å². The minimum atomic E-state index is -0.574.